The summed E-state index contributed by atoms with van der Waals surface area (Å²) in [5, 5.41) is 3.05. The van der Waals surface area contributed by atoms with Gasteiger partial charge in [0, 0.05) is 6.20 Å². The fourth-order valence-corrected chi connectivity index (χ4v) is 1.60. The second kappa shape index (κ2) is 5.05. The van der Waals surface area contributed by atoms with E-state index >= 15 is 0 Å². The Morgan fingerprint density at radius 3 is 2.63 bits per heavy atom. The monoisotopic (exact) mass is 287 g/mol. The molecule has 0 spiro atoms. The summed E-state index contributed by atoms with van der Waals surface area (Å²) in [5.74, 6) is -0.151. The predicted molar refractivity (Wildman–Crippen MR) is 66.5 cm³/mol. The van der Waals surface area contributed by atoms with E-state index in [0.717, 1.165) is 17.8 Å². The van der Waals surface area contributed by atoms with Gasteiger partial charge < -0.3 is 5.32 Å². The van der Waals surface area contributed by atoms with Gasteiger partial charge in [-0.15, -0.1) is 0 Å². The number of benzene rings is 1. The van der Waals surface area contributed by atoms with Crippen LogP contribution in [0.15, 0.2) is 30.5 Å². The van der Waals surface area contributed by atoms with Gasteiger partial charge in [0.15, 0.2) is 0 Å². The third-order valence-corrected chi connectivity index (χ3v) is 2.64. The topological polar surface area (TPSA) is 37.8 Å². The van der Waals surface area contributed by atoms with Gasteiger partial charge in [-0.05, 0) is 30.7 Å². The molecular formula is C12H9ClF3N3. The second-order valence-corrected chi connectivity index (χ2v) is 4.28. The van der Waals surface area contributed by atoms with Crippen LogP contribution in [0.3, 0.4) is 0 Å². The molecule has 7 heteroatoms. The SMILES string of the molecule is Cc1ccc(Cl)c(Nc2nccc(C(F)(F)F)n2)c1. The molecule has 1 aromatic carbocycles. The van der Waals surface area contributed by atoms with Crippen LogP contribution in [0, 0.1) is 6.92 Å². The Bertz CT molecular complexity index is 599. The summed E-state index contributed by atoms with van der Waals surface area (Å²) in [5.41, 5.74) is 0.369. The van der Waals surface area contributed by atoms with Gasteiger partial charge in [0.1, 0.15) is 5.69 Å². The van der Waals surface area contributed by atoms with Crippen molar-refractivity contribution in [3.8, 4) is 0 Å². The number of hydrogen-bond donors (Lipinski definition) is 1. The van der Waals surface area contributed by atoms with E-state index in [9.17, 15) is 13.2 Å². The molecule has 0 unspecified atom stereocenters. The summed E-state index contributed by atoms with van der Waals surface area (Å²) >= 11 is 5.94. The highest BCUT2D eigenvalue weighted by Gasteiger charge is 2.32. The van der Waals surface area contributed by atoms with E-state index in [1.165, 1.54) is 0 Å². The van der Waals surface area contributed by atoms with Crippen LogP contribution in [0.4, 0.5) is 24.8 Å². The first-order valence-corrected chi connectivity index (χ1v) is 5.67. The summed E-state index contributed by atoms with van der Waals surface area (Å²) in [6.07, 6.45) is -3.46. The number of alkyl halides is 3. The Hall–Kier alpha value is -1.82. The first-order chi connectivity index (χ1) is 8.86. The molecule has 1 aromatic heterocycles. The van der Waals surface area contributed by atoms with Gasteiger partial charge in [-0.1, -0.05) is 17.7 Å². The Labute approximate surface area is 112 Å². The zero-order valence-corrected chi connectivity index (χ0v) is 10.5. The number of rotatable bonds is 2. The molecule has 0 saturated carbocycles. The van der Waals surface area contributed by atoms with Crippen LogP contribution >= 0.6 is 11.6 Å². The first-order valence-electron chi connectivity index (χ1n) is 5.29. The van der Waals surface area contributed by atoms with Crippen LogP contribution in [0.2, 0.25) is 5.02 Å². The predicted octanol–water partition coefficient (Wildman–Crippen LogP) is 4.20. The fourth-order valence-electron chi connectivity index (χ4n) is 1.43. The van der Waals surface area contributed by atoms with Crippen molar-refractivity contribution in [1.29, 1.82) is 0 Å². The number of aryl methyl sites for hydroxylation is 1. The smallest absolute Gasteiger partial charge is 0.323 e. The van der Waals surface area contributed by atoms with Gasteiger partial charge >= 0.3 is 6.18 Å². The van der Waals surface area contributed by atoms with Crippen LogP contribution in [0.25, 0.3) is 0 Å². The lowest BCUT2D eigenvalue weighted by Crippen LogP contribution is -2.10. The summed E-state index contributed by atoms with van der Waals surface area (Å²) in [6, 6.07) is 5.95. The van der Waals surface area contributed by atoms with E-state index in [0.29, 0.717) is 10.7 Å². The summed E-state index contributed by atoms with van der Waals surface area (Å²) < 4.78 is 37.5. The van der Waals surface area contributed by atoms with Crippen LogP contribution in [0.5, 0.6) is 0 Å². The molecular weight excluding hydrogens is 279 g/mol. The van der Waals surface area contributed by atoms with E-state index in [2.05, 4.69) is 15.3 Å². The Morgan fingerprint density at radius 2 is 1.95 bits per heavy atom. The van der Waals surface area contributed by atoms with Crippen LogP contribution in [-0.2, 0) is 6.18 Å². The maximum atomic E-state index is 12.5. The number of nitrogens with zero attached hydrogens (tertiary/aromatic N) is 2. The van der Waals surface area contributed by atoms with Gasteiger partial charge in [0.25, 0.3) is 0 Å². The van der Waals surface area contributed by atoms with Crippen molar-refractivity contribution >= 4 is 23.2 Å². The highest BCUT2D eigenvalue weighted by atomic mass is 35.5. The average molecular weight is 288 g/mol. The van der Waals surface area contributed by atoms with Crippen molar-refractivity contribution in [2.75, 3.05) is 5.32 Å². The molecule has 0 fully saturated rings. The third-order valence-electron chi connectivity index (χ3n) is 2.31. The van der Waals surface area contributed by atoms with Gasteiger partial charge in [-0.25, -0.2) is 9.97 Å². The Balaban J connectivity index is 2.31. The maximum Gasteiger partial charge on any atom is 0.433 e. The van der Waals surface area contributed by atoms with E-state index < -0.39 is 11.9 Å². The third kappa shape index (κ3) is 3.35. The van der Waals surface area contributed by atoms with E-state index in [1.807, 2.05) is 6.92 Å². The van der Waals surface area contributed by atoms with Crippen molar-refractivity contribution in [2.24, 2.45) is 0 Å². The van der Waals surface area contributed by atoms with Gasteiger partial charge in [-0.2, -0.15) is 13.2 Å². The number of nitrogens with one attached hydrogen (secondary N) is 1. The minimum atomic E-state index is -4.50. The summed E-state index contributed by atoms with van der Waals surface area (Å²) in [6.45, 7) is 1.84. The summed E-state index contributed by atoms with van der Waals surface area (Å²) in [7, 11) is 0. The van der Waals surface area contributed by atoms with E-state index in [1.54, 1.807) is 18.2 Å². The molecule has 0 aliphatic carbocycles. The highest BCUT2D eigenvalue weighted by Crippen LogP contribution is 2.29. The van der Waals surface area contributed by atoms with Crippen molar-refractivity contribution in [2.45, 2.75) is 13.1 Å². The van der Waals surface area contributed by atoms with E-state index in [4.69, 9.17) is 11.6 Å². The Morgan fingerprint density at radius 1 is 1.21 bits per heavy atom. The minimum Gasteiger partial charge on any atom is -0.323 e. The zero-order valence-electron chi connectivity index (χ0n) is 9.79. The normalized spacial score (nSPS) is 11.4. The van der Waals surface area contributed by atoms with Gasteiger partial charge in [0.2, 0.25) is 5.95 Å². The van der Waals surface area contributed by atoms with Crippen LogP contribution in [-0.4, -0.2) is 9.97 Å². The summed E-state index contributed by atoms with van der Waals surface area (Å²) in [4.78, 5) is 7.14. The van der Waals surface area contributed by atoms with Crippen molar-refractivity contribution in [3.63, 3.8) is 0 Å². The molecule has 19 heavy (non-hydrogen) atoms. The van der Waals surface area contributed by atoms with Crippen molar-refractivity contribution in [3.05, 3.63) is 46.7 Å². The lowest BCUT2D eigenvalue weighted by molar-refractivity contribution is -0.141. The molecule has 0 bridgehead atoms. The molecule has 0 amide bonds. The lowest BCUT2D eigenvalue weighted by Gasteiger charge is -2.10. The van der Waals surface area contributed by atoms with Crippen LogP contribution in [0.1, 0.15) is 11.3 Å². The van der Waals surface area contributed by atoms with E-state index in [-0.39, 0.29) is 5.95 Å². The number of halogens is 4. The molecule has 0 aliphatic rings. The van der Waals surface area contributed by atoms with Crippen molar-refractivity contribution in [1.82, 2.24) is 9.97 Å². The molecule has 0 atom stereocenters. The maximum absolute atomic E-state index is 12.5. The molecule has 2 aromatic rings. The zero-order chi connectivity index (χ0) is 14.0. The molecule has 3 nitrogen and oxygen atoms in total. The molecule has 0 saturated heterocycles. The standard InChI is InChI=1S/C12H9ClF3N3/c1-7-2-3-8(13)9(6-7)18-11-17-5-4-10(19-11)12(14,15)16/h2-6H,1H3,(H,17,18,19). The number of hydrogen-bond acceptors (Lipinski definition) is 3. The number of aromatic nitrogens is 2. The highest BCUT2D eigenvalue weighted by molar-refractivity contribution is 6.33. The first kappa shape index (κ1) is 13.6. The van der Waals surface area contributed by atoms with Gasteiger partial charge in [0.05, 0.1) is 10.7 Å². The molecule has 1 heterocycles. The Kier molecular flexibility index (Phi) is 3.61. The minimum absolute atomic E-state index is 0.151. The lowest BCUT2D eigenvalue weighted by atomic mass is 10.2. The molecule has 2 rings (SSSR count). The van der Waals surface area contributed by atoms with Crippen LogP contribution < -0.4 is 5.32 Å². The van der Waals surface area contributed by atoms with Crippen molar-refractivity contribution < 1.29 is 13.2 Å². The largest absolute Gasteiger partial charge is 0.433 e. The second-order valence-electron chi connectivity index (χ2n) is 3.87. The fraction of sp³-hybridized carbons (Fsp3) is 0.167. The van der Waals surface area contributed by atoms with Gasteiger partial charge in [-0.3, -0.25) is 0 Å². The average Bonchev–Trinajstić information content (AvgIpc) is 2.33. The molecule has 1 N–H and O–H groups in total. The quantitative estimate of drug-likeness (QED) is 0.899. The molecule has 0 radical (unpaired) electrons. The molecule has 0 aliphatic heterocycles. The molecule has 100 valence electrons. The number of anilines is 2.